The normalized spacial score (nSPS) is 33.9. The Morgan fingerprint density at radius 1 is 0.808 bits per heavy atom. The van der Waals surface area contributed by atoms with Crippen LogP contribution in [0.1, 0.15) is 73.1 Å². The Kier molecular flexibility index (Phi) is 4.44. The van der Waals surface area contributed by atoms with E-state index in [0.29, 0.717) is 24.7 Å². The molecule has 148 valence electrons. The lowest BCUT2D eigenvalue weighted by atomic mass is 9.49. The van der Waals surface area contributed by atoms with Gasteiger partial charge in [-0.1, -0.05) is 0 Å². The standard InChI is InChI=1S/C20H30F2O4/c1-17(2,25-15(23)19(5,21)22)18(3,4)26-16(24)20-9-12-6-13(10-20)8-14(7-12)11-20/h12-14H,6-11H2,1-5H3. The van der Waals surface area contributed by atoms with Crippen molar-refractivity contribution in [3.8, 4) is 0 Å². The van der Waals surface area contributed by atoms with E-state index in [9.17, 15) is 18.4 Å². The topological polar surface area (TPSA) is 52.6 Å². The smallest absolute Gasteiger partial charge is 0.377 e. The molecule has 0 aromatic heterocycles. The van der Waals surface area contributed by atoms with Gasteiger partial charge in [0.15, 0.2) is 0 Å². The number of carbonyl (C=O) groups excluding carboxylic acids is 2. The van der Waals surface area contributed by atoms with Crippen LogP contribution in [0.2, 0.25) is 0 Å². The molecule has 0 saturated heterocycles. The molecule has 0 aromatic carbocycles. The van der Waals surface area contributed by atoms with Gasteiger partial charge in [-0.3, -0.25) is 4.79 Å². The molecule has 0 N–H and O–H groups in total. The van der Waals surface area contributed by atoms with Crippen molar-refractivity contribution in [1.29, 1.82) is 0 Å². The lowest BCUT2D eigenvalue weighted by Gasteiger charge is -2.56. The van der Waals surface area contributed by atoms with Crippen molar-refractivity contribution >= 4 is 11.9 Å². The zero-order valence-corrected chi connectivity index (χ0v) is 16.4. The molecule has 0 aliphatic heterocycles. The summed E-state index contributed by atoms with van der Waals surface area (Å²) >= 11 is 0. The molecule has 4 fully saturated rings. The van der Waals surface area contributed by atoms with E-state index >= 15 is 0 Å². The molecule has 4 aliphatic rings. The number of carbonyl (C=O) groups is 2. The van der Waals surface area contributed by atoms with Crippen molar-refractivity contribution in [1.82, 2.24) is 0 Å². The van der Waals surface area contributed by atoms with Gasteiger partial charge < -0.3 is 9.47 Å². The summed E-state index contributed by atoms with van der Waals surface area (Å²) in [6.07, 6.45) is 6.23. The van der Waals surface area contributed by atoms with Gasteiger partial charge in [0, 0.05) is 6.92 Å². The van der Waals surface area contributed by atoms with Crippen molar-refractivity contribution in [3.63, 3.8) is 0 Å². The van der Waals surface area contributed by atoms with Crippen LogP contribution in [0.15, 0.2) is 0 Å². The van der Waals surface area contributed by atoms with Crippen LogP contribution in [-0.4, -0.2) is 29.1 Å². The van der Waals surface area contributed by atoms with Crippen LogP contribution in [0.25, 0.3) is 0 Å². The van der Waals surface area contributed by atoms with Gasteiger partial charge in [-0.15, -0.1) is 0 Å². The van der Waals surface area contributed by atoms with E-state index in [1.807, 2.05) is 0 Å². The molecular weight excluding hydrogens is 342 g/mol. The highest BCUT2D eigenvalue weighted by Crippen LogP contribution is 2.60. The molecule has 0 spiro atoms. The first-order chi connectivity index (χ1) is 11.7. The fraction of sp³-hybridized carbons (Fsp3) is 0.900. The Bertz CT molecular complexity index is 568. The first kappa shape index (κ1) is 19.6. The van der Waals surface area contributed by atoms with Crippen molar-refractivity contribution in [2.24, 2.45) is 23.2 Å². The highest BCUT2D eigenvalue weighted by atomic mass is 19.3. The maximum atomic E-state index is 13.2. The van der Waals surface area contributed by atoms with Gasteiger partial charge in [0.05, 0.1) is 5.41 Å². The molecule has 0 unspecified atom stereocenters. The highest BCUT2D eigenvalue weighted by Gasteiger charge is 2.57. The molecule has 4 rings (SSSR count). The van der Waals surface area contributed by atoms with E-state index in [1.54, 1.807) is 13.8 Å². The number of esters is 2. The molecule has 0 heterocycles. The molecule has 4 bridgehead atoms. The minimum Gasteiger partial charge on any atom is -0.455 e. The number of alkyl halides is 2. The lowest BCUT2D eigenvalue weighted by molar-refractivity contribution is -0.222. The van der Waals surface area contributed by atoms with E-state index in [2.05, 4.69) is 0 Å². The lowest BCUT2D eigenvalue weighted by Crippen LogP contribution is -2.57. The van der Waals surface area contributed by atoms with Crippen LogP contribution in [0.4, 0.5) is 8.78 Å². The van der Waals surface area contributed by atoms with Crippen LogP contribution in [0.5, 0.6) is 0 Å². The van der Waals surface area contributed by atoms with Crippen LogP contribution in [0.3, 0.4) is 0 Å². The maximum Gasteiger partial charge on any atom is 0.377 e. The monoisotopic (exact) mass is 372 g/mol. The minimum atomic E-state index is -3.59. The maximum absolute atomic E-state index is 13.2. The molecule has 4 saturated carbocycles. The van der Waals surface area contributed by atoms with Gasteiger partial charge in [-0.25, -0.2) is 4.79 Å². The molecule has 0 radical (unpaired) electrons. The molecule has 0 atom stereocenters. The van der Waals surface area contributed by atoms with E-state index in [0.717, 1.165) is 19.3 Å². The average Bonchev–Trinajstić information content (AvgIpc) is 2.43. The predicted molar refractivity (Wildman–Crippen MR) is 91.6 cm³/mol. The van der Waals surface area contributed by atoms with Crippen molar-refractivity contribution in [3.05, 3.63) is 0 Å². The Morgan fingerprint density at radius 3 is 1.58 bits per heavy atom. The zero-order chi connectivity index (χ0) is 19.5. The van der Waals surface area contributed by atoms with E-state index in [-0.39, 0.29) is 5.97 Å². The third-order valence-electron chi connectivity index (χ3n) is 6.98. The molecule has 0 aromatic rings. The quantitative estimate of drug-likeness (QED) is 0.667. The summed E-state index contributed by atoms with van der Waals surface area (Å²) in [5, 5.41) is 0. The van der Waals surface area contributed by atoms with Gasteiger partial charge in [0.25, 0.3) is 0 Å². The predicted octanol–water partition coefficient (Wildman–Crippen LogP) is 4.50. The van der Waals surface area contributed by atoms with Gasteiger partial charge in [-0.05, 0) is 84.0 Å². The Hall–Kier alpha value is -1.20. The van der Waals surface area contributed by atoms with Crippen molar-refractivity contribution in [2.75, 3.05) is 0 Å². The summed E-state index contributed by atoms with van der Waals surface area (Å²) in [6, 6.07) is 0. The summed E-state index contributed by atoms with van der Waals surface area (Å²) in [7, 11) is 0. The average molecular weight is 372 g/mol. The molecule has 4 nitrogen and oxygen atoms in total. The molecule has 0 amide bonds. The number of hydrogen-bond donors (Lipinski definition) is 0. The third kappa shape index (κ3) is 3.36. The minimum absolute atomic E-state index is 0.256. The summed E-state index contributed by atoms with van der Waals surface area (Å²) < 4.78 is 37.3. The van der Waals surface area contributed by atoms with Crippen LogP contribution in [-0.2, 0) is 19.1 Å². The number of halogens is 2. The largest absolute Gasteiger partial charge is 0.455 e. The third-order valence-corrected chi connectivity index (χ3v) is 6.98. The van der Waals surface area contributed by atoms with Crippen LogP contribution < -0.4 is 0 Å². The molecular formula is C20H30F2O4. The highest BCUT2D eigenvalue weighted by molar-refractivity contribution is 5.79. The molecule has 6 heteroatoms. The van der Waals surface area contributed by atoms with Gasteiger partial charge >= 0.3 is 17.9 Å². The van der Waals surface area contributed by atoms with Crippen LogP contribution >= 0.6 is 0 Å². The fourth-order valence-corrected chi connectivity index (χ4v) is 5.27. The second-order valence-electron chi connectivity index (χ2n) is 9.89. The van der Waals surface area contributed by atoms with Gasteiger partial charge in [0.2, 0.25) is 0 Å². The Balaban J connectivity index is 1.72. The van der Waals surface area contributed by atoms with E-state index in [1.165, 1.54) is 33.1 Å². The van der Waals surface area contributed by atoms with Crippen molar-refractivity contribution < 1.29 is 27.8 Å². The Morgan fingerprint density at radius 2 is 1.19 bits per heavy atom. The summed E-state index contributed by atoms with van der Waals surface area (Å²) in [5.74, 6) is -3.66. The van der Waals surface area contributed by atoms with E-state index in [4.69, 9.17) is 9.47 Å². The SMILES string of the molecule is CC(F)(F)C(=O)OC(C)(C)C(C)(C)OC(=O)C12CC3CC(CC(C3)C1)C2. The molecule has 26 heavy (non-hydrogen) atoms. The summed E-state index contributed by atoms with van der Waals surface area (Å²) in [4.78, 5) is 24.8. The first-order valence-electron chi connectivity index (χ1n) is 9.59. The Labute approximate surface area is 154 Å². The van der Waals surface area contributed by atoms with Crippen LogP contribution in [0, 0.1) is 23.2 Å². The fourth-order valence-electron chi connectivity index (χ4n) is 5.27. The number of hydrogen-bond acceptors (Lipinski definition) is 4. The number of rotatable bonds is 5. The van der Waals surface area contributed by atoms with E-state index < -0.39 is 28.5 Å². The van der Waals surface area contributed by atoms with Gasteiger partial charge in [0.1, 0.15) is 11.2 Å². The second-order valence-corrected chi connectivity index (χ2v) is 9.89. The molecule has 4 aliphatic carbocycles. The summed E-state index contributed by atoms with van der Waals surface area (Å²) in [6.45, 7) is 6.74. The summed E-state index contributed by atoms with van der Waals surface area (Å²) in [5.41, 5.74) is -3.03. The number of ether oxygens (including phenoxy) is 2. The second kappa shape index (κ2) is 5.90. The van der Waals surface area contributed by atoms with Gasteiger partial charge in [-0.2, -0.15) is 8.78 Å². The first-order valence-corrected chi connectivity index (χ1v) is 9.59. The zero-order valence-electron chi connectivity index (χ0n) is 16.4. The van der Waals surface area contributed by atoms with Crippen molar-refractivity contribution in [2.45, 2.75) is 90.3 Å².